The van der Waals surface area contributed by atoms with E-state index in [1.807, 2.05) is 0 Å². The van der Waals surface area contributed by atoms with Gasteiger partial charge in [-0.3, -0.25) is 9.59 Å². The number of nitrogens with two attached hydrogens (primary N) is 1. The highest BCUT2D eigenvalue weighted by Gasteiger charge is 2.55. The summed E-state index contributed by atoms with van der Waals surface area (Å²) in [6.07, 6.45) is 1.21. The molecule has 2 N–H and O–H groups in total. The van der Waals surface area contributed by atoms with Gasteiger partial charge in [-0.25, -0.2) is 4.39 Å². The molecule has 3 rings (SSSR count). The number of hydrogen-bond acceptors (Lipinski definition) is 4. The third-order valence-corrected chi connectivity index (χ3v) is 4.99. The van der Waals surface area contributed by atoms with Gasteiger partial charge in [0.25, 0.3) is 0 Å². The minimum atomic E-state index is -0.945. The lowest BCUT2D eigenvalue weighted by atomic mass is 9.91. The number of halogens is 1. The molecule has 0 radical (unpaired) electrons. The van der Waals surface area contributed by atoms with Gasteiger partial charge in [0.1, 0.15) is 11.4 Å². The summed E-state index contributed by atoms with van der Waals surface area (Å²) in [5.41, 5.74) is 4.04. The van der Waals surface area contributed by atoms with Gasteiger partial charge in [-0.15, -0.1) is 0 Å². The molecule has 7 heteroatoms. The summed E-state index contributed by atoms with van der Waals surface area (Å²) in [5.74, 6) is -0.991. The highest BCUT2D eigenvalue weighted by molar-refractivity contribution is 5.91. The van der Waals surface area contributed by atoms with Crippen LogP contribution in [0.3, 0.4) is 0 Å². The van der Waals surface area contributed by atoms with Crippen LogP contribution in [0.4, 0.5) is 4.39 Å². The Bertz CT molecular complexity index is 673. The van der Waals surface area contributed by atoms with Gasteiger partial charge < -0.3 is 20.1 Å². The Labute approximate surface area is 146 Å². The summed E-state index contributed by atoms with van der Waals surface area (Å²) < 4.78 is 25.2. The maximum Gasteiger partial charge on any atom is 0.233 e. The standard InChI is InChI=1S/C18H23FN2O4/c1-24-12-17(10-15(20)22)11-21(8-9-25-17)16(23)18(6-7-18)13-4-2-3-5-14(13)19/h2-5H,6-12H2,1H3,(H2,20,22)/t17-/m0/s1. The topological polar surface area (TPSA) is 81.9 Å². The molecule has 2 fully saturated rings. The first kappa shape index (κ1) is 17.8. The quantitative estimate of drug-likeness (QED) is 0.829. The molecule has 1 heterocycles. The maximum absolute atomic E-state index is 14.2. The number of ether oxygens (including phenoxy) is 2. The van der Waals surface area contributed by atoms with Crippen molar-refractivity contribution >= 4 is 11.8 Å². The largest absolute Gasteiger partial charge is 0.382 e. The number of primary amides is 1. The van der Waals surface area contributed by atoms with E-state index in [1.54, 1.807) is 23.1 Å². The fourth-order valence-corrected chi connectivity index (χ4v) is 3.72. The van der Waals surface area contributed by atoms with Gasteiger partial charge >= 0.3 is 0 Å². The van der Waals surface area contributed by atoms with Crippen molar-refractivity contribution in [3.05, 3.63) is 35.6 Å². The minimum absolute atomic E-state index is 0.0304. The van der Waals surface area contributed by atoms with E-state index in [0.717, 1.165) is 0 Å². The molecule has 2 aliphatic rings. The van der Waals surface area contributed by atoms with Crippen LogP contribution < -0.4 is 5.73 Å². The van der Waals surface area contributed by atoms with Crippen molar-refractivity contribution in [2.45, 2.75) is 30.3 Å². The maximum atomic E-state index is 14.2. The van der Waals surface area contributed by atoms with Crippen LogP contribution >= 0.6 is 0 Å². The molecular weight excluding hydrogens is 327 g/mol. The predicted octanol–water partition coefficient (Wildman–Crippen LogP) is 0.977. The second-order valence-electron chi connectivity index (χ2n) is 6.90. The fourth-order valence-electron chi connectivity index (χ4n) is 3.72. The zero-order chi connectivity index (χ0) is 18.1. The number of carbonyl (C=O) groups excluding carboxylic acids is 2. The van der Waals surface area contributed by atoms with Crippen LogP contribution in [0.5, 0.6) is 0 Å². The summed E-state index contributed by atoms with van der Waals surface area (Å²) >= 11 is 0. The number of methoxy groups -OCH3 is 1. The van der Waals surface area contributed by atoms with Gasteiger partial charge in [0.2, 0.25) is 11.8 Å². The van der Waals surface area contributed by atoms with Crippen molar-refractivity contribution in [2.24, 2.45) is 5.73 Å². The number of rotatable bonds is 6. The van der Waals surface area contributed by atoms with Crippen molar-refractivity contribution in [3.63, 3.8) is 0 Å². The Morgan fingerprint density at radius 2 is 2.08 bits per heavy atom. The molecule has 0 unspecified atom stereocenters. The van der Waals surface area contributed by atoms with Crippen LogP contribution in [-0.2, 0) is 24.5 Å². The number of amides is 2. The number of nitrogens with zero attached hydrogens (tertiary/aromatic N) is 1. The summed E-state index contributed by atoms with van der Waals surface area (Å²) in [4.78, 5) is 26.3. The average molecular weight is 350 g/mol. The van der Waals surface area contributed by atoms with Gasteiger partial charge in [0.15, 0.2) is 0 Å². The van der Waals surface area contributed by atoms with Crippen molar-refractivity contribution in [1.82, 2.24) is 4.90 Å². The first-order valence-electron chi connectivity index (χ1n) is 8.38. The Morgan fingerprint density at radius 3 is 2.68 bits per heavy atom. The zero-order valence-electron chi connectivity index (χ0n) is 14.3. The summed E-state index contributed by atoms with van der Waals surface area (Å²) in [6, 6.07) is 6.41. The molecule has 0 spiro atoms. The normalized spacial score (nSPS) is 24.8. The second-order valence-corrected chi connectivity index (χ2v) is 6.90. The van der Waals surface area contributed by atoms with E-state index >= 15 is 0 Å². The van der Waals surface area contributed by atoms with Crippen molar-refractivity contribution in [3.8, 4) is 0 Å². The van der Waals surface area contributed by atoms with Crippen LogP contribution in [-0.4, -0.2) is 55.7 Å². The number of hydrogen-bond donors (Lipinski definition) is 1. The van der Waals surface area contributed by atoms with E-state index in [9.17, 15) is 14.0 Å². The molecule has 0 aromatic heterocycles. The molecule has 1 saturated heterocycles. The molecule has 6 nitrogen and oxygen atoms in total. The molecule has 1 aliphatic heterocycles. The Morgan fingerprint density at radius 1 is 1.36 bits per heavy atom. The van der Waals surface area contributed by atoms with Crippen LogP contribution in [0, 0.1) is 5.82 Å². The Kier molecular flexibility index (Phi) is 4.79. The van der Waals surface area contributed by atoms with Crippen LogP contribution in [0.25, 0.3) is 0 Å². The molecule has 1 aromatic carbocycles. The lowest BCUT2D eigenvalue weighted by Crippen LogP contribution is -2.58. The zero-order valence-corrected chi connectivity index (χ0v) is 14.3. The Balaban J connectivity index is 1.82. The van der Waals surface area contributed by atoms with Gasteiger partial charge in [0.05, 0.1) is 31.6 Å². The molecule has 0 bridgehead atoms. The first-order valence-corrected chi connectivity index (χ1v) is 8.38. The van der Waals surface area contributed by atoms with E-state index in [1.165, 1.54) is 13.2 Å². The molecule has 136 valence electrons. The fraction of sp³-hybridized carbons (Fsp3) is 0.556. The predicted molar refractivity (Wildman–Crippen MR) is 88.3 cm³/mol. The second kappa shape index (κ2) is 6.72. The van der Waals surface area contributed by atoms with Crippen molar-refractivity contribution in [1.29, 1.82) is 0 Å². The minimum Gasteiger partial charge on any atom is -0.382 e. The van der Waals surface area contributed by atoms with Crippen molar-refractivity contribution < 1.29 is 23.5 Å². The Hall–Kier alpha value is -1.99. The molecule has 2 amide bonds. The van der Waals surface area contributed by atoms with E-state index in [0.29, 0.717) is 24.9 Å². The van der Waals surface area contributed by atoms with Crippen molar-refractivity contribution in [2.75, 3.05) is 33.4 Å². The van der Waals surface area contributed by atoms with E-state index < -0.39 is 16.9 Å². The van der Waals surface area contributed by atoms with Gasteiger partial charge in [0, 0.05) is 19.2 Å². The molecular formula is C18H23FN2O4. The molecule has 1 saturated carbocycles. The summed E-state index contributed by atoms with van der Waals surface area (Å²) in [6.45, 7) is 1.06. The van der Waals surface area contributed by atoms with Crippen LogP contribution in [0.2, 0.25) is 0 Å². The molecule has 1 aromatic rings. The third-order valence-electron chi connectivity index (χ3n) is 4.99. The molecule has 25 heavy (non-hydrogen) atoms. The van der Waals surface area contributed by atoms with Crippen LogP contribution in [0.15, 0.2) is 24.3 Å². The average Bonchev–Trinajstić information content (AvgIpc) is 3.36. The van der Waals surface area contributed by atoms with Crippen LogP contribution in [0.1, 0.15) is 24.8 Å². The molecule has 1 atom stereocenters. The lowest BCUT2D eigenvalue weighted by Gasteiger charge is -2.43. The highest BCUT2D eigenvalue weighted by atomic mass is 19.1. The summed E-state index contributed by atoms with van der Waals surface area (Å²) in [7, 11) is 1.51. The lowest BCUT2D eigenvalue weighted by molar-refractivity contribution is -0.167. The first-order chi connectivity index (χ1) is 11.9. The highest BCUT2D eigenvalue weighted by Crippen LogP contribution is 2.50. The third kappa shape index (κ3) is 3.39. The van der Waals surface area contributed by atoms with Gasteiger partial charge in [-0.2, -0.15) is 0 Å². The SMILES string of the molecule is COC[C@]1(CC(N)=O)CN(C(=O)C2(c3ccccc3F)CC2)CCO1. The van der Waals surface area contributed by atoms with E-state index in [-0.39, 0.29) is 37.9 Å². The smallest absolute Gasteiger partial charge is 0.233 e. The summed E-state index contributed by atoms with van der Waals surface area (Å²) in [5, 5.41) is 0. The van der Waals surface area contributed by atoms with Gasteiger partial charge in [-0.1, -0.05) is 18.2 Å². The van der Waals surface area contributed by atoms with Gasteiger partial charge in [-0.05, 0) is 18.9 Å². The molecule has 1 aliphatic carbocycles. The van der Waals surface area contributed by atoms with E-state index in [2.05, 4.69) is 0 Å². The number of benzene rings is 1. The van der Waals surface area contributed by atoms with E-state index in [4.69, 9.17) is 15.2 Å². The number of morpholine rings is 1. The monoisotopic (exact) mass is 350 g/mol. The number of carbonyl (C=O) groups is 2.